The number of thiazole rings is 1. The highest BCUT2D eigenvalue weighted by Gasteiger charge is 2.09. The predicted octanol–water partition coefficient (Wildman–Crippen LogP) is 1.75. The molecule has 8 heteroatoms. The van der Waals surface area contributed by atoms with E-state index in [1.165, 1.54) is 11.3 Å². The quantitative estimate of drug-likeness (QED) is 0.537. The summed E-state index contributed by atoms with van der Waals surface area (Å²) in [6.07, 6.45) is 3.96. The predicted molar refractivity (Wildman–Crippen MR) is 84.3 cm³/mol. The van der Waals surface area contributed by atoms with Gasteiger partial charge in [-0.05, 0) is 18.2 Å². The zero-order chi connectivity index (χ0) is 15.1. The highest BCUT2D eigenvalue weighted by Crippen LogP contribution is 2.16. The first-order chi connectivity index (χ1) is 10.7. The van der Waals surface area contributed by atoms with Gasteiger partial charge in [-0.3, -0.25) is 9.20 Å². The summed E-state index contributed by atoms with van der Waals surface area (Å²) >= 11 is 1.53. The molecule has 0 unspecified atom stereocenters. The Balaban J connectivity index is 1.52. The molecule has 0 spiro atoms. The van der Waals surface area contributed by atoms with Crippen molar-refractivity contribution in [3.05, 3.63) is 52.2 Å². The first-order valence-electron chi connectivity index (χ1n) is 6.60. The molecule has 7 nitrogen and oxygen atoms in total. The molecule has 4 rings (SSSR count). The van der Waals surface area contributed by atoms with E-state index in [2.05, 4.69) is 20.3 Å². The van der Waals surface area contributed by atoms with E-state index in [9.17, 15) is 9.59 Å². The van der Waals surface area contributed by atoms with Crippen molar-refractivity contribution in [1.82, 2.24) is 19.4 Å². The summed E-state index contributed by atoms with van der Waals surface area (Å²) in [6, 6.07) is 5.21. The van der Waals surface area contributed by atoms with Crippen LogP contribution in [0.1, 0.15) is 5.69 Å². The molecular formula is C14H11N5O2S. The average Bonchev–Trinajstić information content (AvgIpc) is 3.11. The molecule has 0 aliphatic carbocycles. The summed E-state index contributed by atoms with van der Waals surface area (Å²) in [5, 5.41) is 4.75. The fourth-order valence-corrected chi connectivity index (χ4v) is 3.06. The number of rotatable bonds is 3. The number of aromatic amines is 2. The van der Waals surface area contributed by atoms with Crippen LogP contribution in [0.5, 0.6) is 0 Å². The van der Waals surface area contributed by atoms with Gasteiger partial charge >= 0.3 is 5.69 Å². The Labute approximate surface area is 127 Å². The van der Waals surface area contributed by atoms with Crippen molar-refractivity contribution in [3.8, 4) is 0 Å². The van der Waals surface area contributed by atoms with Crippen molar-refractivity contribution in [2.45, 2.75) is 6.42 Å². The minimum Gasteiger partial charge on any atom is -0.326 e. The molecule has 0 saturated heterocycles. The molecule has 0 radical (unpaired) electrons. The maximum absolute atomic E-state index is 12.1. The summed E-state index contributed by atoms with van der Waals surface area (Å²) in [7, 11) is 0. The van der Waals surface area contributed by atoms with Crippen LogP contribution in [0, 0.1) is 0 Å². The number of amides is 1. The van der Waals surface area contributed by atoms with Gasteiger partial charge in [-0.15, -0.1) is 11.3 Å². The molecule has 110 valence electrons. The number of fused-ring (bicyclic) bond motifs is 2. The number of benzene rings is 1. The molecule has 0 atom stereocenters. The van der Waals surface area contributed by atoms with Gasteiger partial charge in [0.25, 0.3) is 0 Å². The van der Waals surface area contributed by atoms with Crippen molar-refractivity contribution in [2.24, 2.45) is 0 Å². The summed E-state index contributed by atoms with van der Waals surface area (Å²) in [5.41, 5.74) is 2.45. The van der Waals surface area contributed by atoms with E-state index in [0.29, 0.717) is 16.7 Å². The van der Waals surface area contributed by atoms with Crippen molar-refractivity contribution in [2.75, 3.05) is 5.32 Å². The van der Waals surface area contributed by atoms with E-state index < -0.39 is 0 Å². The van der Waals surface area contributed by atoms with Gasteiger partial charge in [0.15, 0.2) is 4.96 Å². The first kappa shape index (κ1) is 12.8. The summed E-state index contributed by atoms with van der Waals surface area (Å²) < 4.78 is 1.89. The van der Waals surface area contributed by atoms with E-state index in [4.69, 9.17) is 0 Å². The van der Waals surface area contributed by atoms with Crippen LogP contribution in [0.2, 0.25) is 0 Å². The van der Waals surface area contributed by atoms with Crippen LogP contribution in [0.25, 0.3) is 16.0 Å². The SMILES string of the molecule is O=C(Cc1cn2ccsc2n1)Nc1ccc2[nH]c(=O)[nH]c2c1. The Bertz CT molecular complexity index is 1010. The Morgan fingerprint density at radius 2 is 2.18 bits per heavy atom. The highest BCUT2D eigenvalue weighted by atomic mass is 32.1. The second-order valence-corrected chi connectivity index (χ2v) is 5.76. The molecule has 3 heterocycles. The molecule has 0 bridgehead atoms. The molecule has 1 aromatic carbocycles. The van der Waals surface area contributed by atoms with Gasteiger partial charge in [-0.1, -0.05) is 0 Å². The molecule has 0 saturated carbocycles. The van der Waals surface area contributed by atoms with Crippen molar-refractivity contribution in [3.63, 3.8) is 0 Å². The van der Waals surface area contributed by atoms with Crippen LogP contribution in [0.15, 0.2) is 40.8 Å². The highest BCUT2D eigenvalue weighted by molar-refractivity contribution is 7.15. The molecule has 0 fully saturated rings. The van der Waals surface area contributed by atoms with E-state index >= 15 is 0 Å². The third-order valence-electron chi connectivity index (χ3n) is 3.28. The van der Waals surface area contributed by atoms with Crippen LogP contribution in [0.3, 0.4) is 0 Å². The van der Waals surface area contributed by atoms with Crippen molar-refractivity contribution >= 4 is 38.9 Å². The van der Waals surface area contributed by atoms with Crippen LogP contribution < -0.4 is 11.0 Å². The van der Waals surface area contributed by atoms with Gasteiger partial charge in [-0.25, -0.2) is 9.78 Å². The molecule has 0 aliphatic rings. The summed E-state index contributed by atoms with van der Waals surface area (Å²) in [4.78, 5) is 33.9. The van der Waals surface area contributed by atoms with Gasteiger partial charge in [-0.2, -0.15) is 0 Å². The Morgan fingerprint density at radius 3 is 3.05 bits per heavy atom. The number of carbonyl (C=O) groups is 1. The molecule has 3 N–H and O–H groups in total. The number of anilines is 1. The zero-order valence-electron chi connectivity index (χ0n) is 11.3. The van der Waals surface area contributed by atoms with Crippen LogP contribution in [-0.2, 0) is 11.2 Å². The number of hydrogen-bond donors (Lipinski definition) is 3. The van der Waals surface area contributed by atoms with Crippen LogP contribution >= 0.6 is 11.3 Å². The van der Waals surface area contributed by atoms with E-state index in [0.717, 1.165) is 10.7 Å². The Kier molecular flexibility index (Phi) is 2.83. The number of nitrogens with one attached hydrogen (secondary N) is 3. The van der Waals surface area contributed by atoms with Crippen LogP contribution in [0.4, 0.5) is 5.69 Å². The van der Waals surface area contributed by atoms with Gasteiger partial charge in [0.2, 0.25) is 5.91 Å². The monoisotopic (exact) mass is 313 g/mol. The van der Waals surface area contributed by atoms with Gasteiger partial charge in [0, 0.05) is 23.5 Å². The van der Waals surface area contributed by atoms with Gasteiger partial charge in [0.1, 0.15) is 0 Å². The fraction of sp³-hybridized carbons (Fsp3) is 0.0714. The second-order valence-electron chi connectivity index (χ2n) is 4.89. The van der Waals surface area contributed by atoms with Gasteiger partial charge < -0.3 is 15.3 Å². The maximum atomic E-state index is 12.1. The Morgan fingerprint density at radius 1 is 1.32 bits per heavy atom. The molecular weight excluding hydrogens is 302 g/mol. The fourth-order valence-electron chi connectivity index (χ4n) is 2.34. The lowest BCUT2D eigenvalue weighted by Gasteiger charge is -2.03. The number of H-pyrrole nitrogens is 2. The number of carbonyl (C=O) groups excluding carboxylic acids is 1. The lowest BCUT2D eigenvalue weighted by atomic mass is 10.2. The lowest BCUT2D eigenvalue weighted by Crippen LogP contribution is -2.14. The minimum atomic E-state index is -0.267. The number of hydrogen-bond acceptors (Lipinski definition) is 4. The van der Waals surface area contributed by atoms with Crippen molar-refractivity contribution < 1.29 is 4.79 Å². The first-order valence-corrected chi connectivity index (χ1v) is 7.48. The third-order valence-corrected chi connectivity index (χ3v) is 4.06. The smallest absolute Gasteiger partial charge is 0.323 e. The molecule has 0 aliphatic heterocycles. The summed E-state index contributed by atoms with van der Waals surface area (Å²) in [6.45, 7) is 0. The molecule has 22 heavy (non-hydrogen) atoms. The Hall–Kier alpha value is -2.87. The third kappa shape index (κ3) is 2.29. The number of nitrogens with zero attached hydrogens (tertiary/aromatic N) is 2. The summed E-state index contributed by atoms with van der Waals surface area (Å²) in [5.74, 6) is -0.150. The molecule has 1 amide bonds. The largest absolute Gasteiger partial charge is 0.326 e. The lowest BCUT2D eigenvalue weighted by molar-refractivity contribution is -0.115. The van der Waals surface area contributed by atoms with Crippen molar-refractivity contribution in [1.29, 1.82) is 0 Å². The van der Waals surface area contributed by atoms with E-state index in [1.54, 1.807) is 18.2 Å². The average molecular weight is 313 g/mol. The number of aromatic nitrogens is 4. The minimum absolute atomic E-state index is 0.150. The van der Waals surface area contributed by atoms with Crippen LogP contribution in [-0.4, -0.2) is 25.3 Å². The molecule has 3 aromatic heterocycles. The number of imidazole rings is 2. The molecule has 4 aromatic rings. The topological polar surface area (TPSA) is 95.1 Å². The maximum Gasteiger partial charge on any atom is 0.323 e. The van der Waals surface area contributed by atoms with E-state index in [1.807, 2.05) is 22.2 Å². The normalized spacial score (nSPS) is 11.3. The van der Waals surface area contributed by atoms with E-state index in [-0.39, 0.29) is 18.0 Å². The van der Waals surface area contributed by atoms with Gasteiger partial charge in [0.05, 0.1) is 23.1 Å². The second kappa shape index (κ2) is 4.85. The standard InChI is InChI=1S/C14H11N5O2S/c20-12(6-9-7-19-3-4-22-14(19)16-9)15-8-1-2-10-11(5-8)18-13(21)17-10/h1-5,7H,6H2,(H,15,20)(H2,17,18,21). The zero-order valence-corrected chi connectivity index (χ0v) is 12.1.